The molecule has 0 bridgehead atoms. The van der Waals surface area contributed by atoms with Crippen LogP contribution in [0.1, 0.15) is 25.7 Å². The van der Waals surface area contributed by atoms with E-state index in [1.54, 1.807) is 0 Å². The summed E-state index contributed by atoms with van der Waals surface area (Å²) < 4.78 is 0. The lowest BCUT2D eigenvalue weighted by atomic mass is 9.92. The molecule has 0 aliphatic carbocycles. The van der Waals surface area contributed by atoms with Crippen molar-refractivity contribution in [3.05, 3.63) is 0 Å². The van der Waals surface area contributed by atoms with Crippen molar-refractivity contribution in [3.8, 4) is 0 Å². The Bertz CT molecular complexity index is 253. The topological polar surface area (TPSA) is 49.6 Å². The second kappa shape index (κ2) is 5.83. The third-order valence-corrected chi connectivity index (χ3v) is 4.33. The minimum atomic E-state index is 0.278. The number of rotatable bonds is 2. The summed E-state index contributed by atoms with van der Waals surface area (Å²) in [5, 5.41) is 0. The molecule has 0 aromatic carbocycles. The normalized spacial score (nSPS) is 25.2. The fraction of sp³-hybridized carbons (Fsp3) is 0.923. The molecule has 0 unspecified atom stereocenters. The van der Waals surface area contributed by atoms with Crippen LogP contribution in [-0.4, -0.2) is 55.5 Å². The third kappa shape index (κ3) is 3.19. The average Bonchev–Trinajstić information content (AvgIpc) is 2.39. The first-order chi connectivity index (χ1) is 8.20. The Balaban J connectivity index is 1.80. The molecule has 0 atom stereocenters. The van der Waals surface area contributed by atoms with Crippen LogP contribution in [0, 0.1) is 11.8 Å². The van der Waals surface area contributed by atoms with E-state index >= 15 is 0 Å². The van der Waals surface area contributed by atoms with Crippen molar-refractivity contribution in [2.24, 2.45) is 17.6 Å². The first-order valence-electron chi connectivity index (χ1n) is 6.88. The highest BCUT2D eigenvalue weighted by atomic mass is 16.2. The molecule has 2 fully saturated rings. The van der Waals surface area contributed by atoms with Gasteiger partial charge < -0.3 is 15.5 Å². The van der Waals surface area contributed by atoms with E-state index in [4.69, 9.17) is 5.73 Å². The first-order valence-corrected chi connectivity index (χ1v) is 6.88. The quantitative estimate of drug-likeness (QED) is 0.764. The van der Waals surface area contributed by atoms with Gasteiger partial charge in [-0.3, -0.25) is 4.79 Å². The Hall–Kier alpha value is -0.610. The van der Waals surface area contributed by atoms with E-state index in [1.807, 2.05) is 0 Å². The molecule has 2 aliphatic heterocycles. The summed E-state index contributed by atoms with van der Waals surface area (Å²) in [5.74, 6) is 1.31. The van der Waals surface area contributed by atoms with Gasteiger partial charge in [-0.2, -0.15) is 0 Å². The highest BCUT2D eigenvalue weighted by Crippen LogP contribution is 2.22. The zero-order valence-corrected chi connectivity index (χ0v) is 10.9. The van der Waals surface area contributed by atoms with Crippen molar-refractivity contribution >= 4 is 5.91 Å². The Labute approximate surface area is 104 Å². The Morgan fingerprint density at radius 2 is 1.71 bits per heavy atom. The molecule has 4 heteroatoms. The van der Waals surface area contributed by atoms with Crippen LogP contribution in [0.15, 0.2) is 0 Å². The van der Waals surface area contributed by atoms with E-state index in [-0.39, 0.29) is 5.92 Å². The van der Waals surface area contributed by atoms with Gasteiger partial charge in [0.25, 0.3) is 0 Å². The number of carbonyl (C=O) groups excluding carboxylic acids is 1. The van der Waals surface area contributed by atoms with Crippen LogP contribution in [0.25, 0.3) is 0 Å². The van der Waals surface area contributed by atoms with Crippen molar-refractivity contribution in [2.45, 2.75) is 25.7 Å². The van der Waals surface area contributed by atoms with Crippen molar-refractivity contribution in [1.29, 1.82) is 0 Å². The van der Waals surface area contributed by atoms with Gasteiger partial charge in [-0.25, -0.2) is 0 Å². The molecule has 98 valence electrons. The number of nitrogens with zero attached hydrogens (tertiary/aromatic N) is 2. The molecule has 1 amide bonds. The minimum Gasteiger partial charge on any atom is -0.342 e. The maximum Gasteiger partial charge on any atom is 0.225 e. The average molecular weight is 239 g/mol. The van der Waals surface area contributed by atoms with E-state index in [1.165, 1.54) is 0 Å². The lowest BCUT2D eigenvalue weighted by Crippen LogP contribution is -2.45. The zero-order chi connectivity index (χ0) is 12.3. The second-order valence-electron chi connectivity index (χ2n) is 5.58. The molecule has 0 radical (unpaired) electrons. The van der Waals surface area contributed by atoms with Gasteiger partial charge >= 0.3 is 0 Å². The minimum absolute atomic E-state index is 0.278. The lowest BCUT2D eigenvalue weighted by molar-refractivity contribution is -0.138. The standard InChI is InChI=1S/C13H25N3O/c1-15-6-4-12(5-7-15)13(17)16-8-2-11(10-14)3-9-16/h11-12H,2-10,14H2,1H3. The fourth-order valence-electron chi connectivity index (χ4n) is 2.90. The Kier molecular flexibility index (Phi) is 4.40. The van der Waals surface area contributed by atoms with Crippen molar-refractivity contribution in [1.82, 2.24) is 9.80 Å². The number of likely N-dealkylation sites (tertiary alicyclic amines) is 2. The highest BCUT2D eigenvalue weighted by molar-refractivity contribution is 5.79. The number of amides is 1. The van der Waals surface area contributed by atoms with Crippen molar-refractivity contribution in [2.75, 3.05) is 39.8 Å². The summed E-state index contributed by atoms with van der Waals surface area (Å²) in [7, 11) is 2.13. The molecule has 2 aliphatic rings. The molecule has 2 rings (SSSR count). The molecule has 2 N–H and O–H groups in total. The Morgan fingerprint density at radius 3 is 2.24 bits per heavy atom. The molecule has 17 heavy (non-hydrogen) atoms. The maximum atomic E-state index is 12.3. The number of carbonyl (C=O) groups is 1. The van der Waals surface area contributed by atoms with E-state index in [9.17, 15) is 4.79 Å². The van der Waals surface area contributed by atoms with Crippen LogP contribution in [0.4, 0.5) is 0 Å². The van der Waals surface area contributed by atoms with E-state index < -0.39 is 0 Å². The molecular formula is C13H25N3O. The van der Waals surface area contributed by atoms with Gasteiger partial charge in [0.1, 0.15) is 0 Å². The molecule has 0 aromatic rings. The predicted octanol–water partition coefficient (Wildman–Crippen LogP) is 0.526. The molecule has 2 saturated heterocycles. The van der Waals surface area contributed by atoms with Gasteiger partial charge in [-0.05, 0) is 58.3 Å². The van der Waals surface area contributed by atoms with Gasteiger partial charge in [0.2, 0.25) is 5.91 Å². The van der Waals surface area contributed by atoms with E-state index in [0.717, 1.165) is 58.4 Å². The highest BCUT2D eigenvalue weighted by Gasteiger charge is 2.29. The van der Waals surface area contributed by atoms with E-state index in [0.29, 0.717) is 11.8 Å². The summed E-state index contributed by atoms with van der Waals surface area (Å²) in [5.41, 5.74) is 5.67. The summed E-state index contributed by atoms with van der Waals surface area (Å²) in [6, 6.07) is 0. The van der Waals surface area contributed by atoms with Crippen LogP contribution in [0.2, 0.25) is 0 Å². The van der Waals surface area contributed by atoms with Gasteiger partial charge in [0.05, 0.1) is 0 Å². The summed E-state index contributed by atoms with van der Waals surface area (Å²) in [4.78, 5) is 16.7. The first kappa shape index (κ1) is 12.8. The van der Waals surface area contributed by atoms with Gasteiger partial charge in [-0.1, -0.05) is 0 Å². The Morgan fingerprint density at radius 1 is 1.12 bits per heavy atom. The van der Waals surface area contributed by atoms with Gasteiger partial charge in [0.15, 0.2) is 0 Å². The number of piperidine rings is 2. The number of nitrogens with two attached hydrogens (primary N) is 1. The number of hydrogen-bond donors (Lipinski definition) is 1. The van der Waals surface area contributed by atoms with Crippen LogP contribution in [0.5, 0.6) is 0 Å². The molecule has 4 nitrogen and oxygen atoms in total. The zero-order valence-electron chi connectivity index (χ0n) is 10.9. The van der Waals surface area contributed by atoms with Crippen LogP contribution in [0.3, 0.4) is 0 Å². The number of hydrogen-bond acceptors (Lipinski definition) is 3. The van der Waals surface area contributed by atoms with Crippen LogP contribution >= 0.6 is 0 Å². The maximum absolute atomic E-state index is 12.3. The largest absolute Gasteiger partial charge is 0.342 e. The summed E-state index contributed by atoms with van der Waals surface area (Å²) >= 11 is 0. The van der Waals surface area contributed by atoms with Gasteiger partial charge in [0, 0.05) is 19.0 Å². The molecule has 0 saturated carbocycles. The fourth-order valence-corrected chi connectivity index (χ4v) is 2.90. The second-order valence-corrected chi connectivity index (χ2v) is 5.58. The monoisotopic (exact) mass is 239 g/mol. The van der Waals surface area contributed by atoms with Crippen molar-refractivity contribution < 1.29 is 4.79 Å². The third-order valence-electron chi connectivity index (χ3n) is 4.33. The lowest BCUT2D eigenvalue weighted by Gasteiger charge is -2.36. The predicted molar refractivity (Wildman–Crippen MR) is 68.6 cm³/mol. The molecule has 0 aromatic heterocycles. The van der Waals surface area contributed by atoms with E-state index in [2.05, 4.69) is 16.8 Å². The molecule has 0 spiro atoms. The summed E-state index contributed by atoms with van der Waals surface area (Å²) in [6.07, 6.45) is 4.25. The van der Waals surface area contributed by atoms with Gasteiger partial charge in [-0.15, -0.1) is 0 Å². The van der Waals surface area contributed by atoms with Crippen LogP contribution < -0.4 is 5.73 Å². The van der Waals surface area contributed by atoms with Crippen LogP contribution in [-0.2, 0) is 4.79 Å². The summed E-state index contributed by atoms with van der Waals surface area (Å²) in [6.45, 7) is 4.75. The molecule has 2 heterocycles. The smallest absolute Gasteiger partial charge is 0.225 e. The van der Waals surface area contributed by atoms with Crippen molar-refractivity contribution in [3.63, 3.8) is 0 Å². The molecular weight excluding hydrogens is 214 g/mol. The SMILES string of the molecule is CN1CCC(C(=O)N2CCC(CN)CC2)CC1.